The van der Waals surface area contributed by atoms with Crippen LogP contribution >= 0.6 is 0 Å². The van der Waals surface area contributed by atoms with Crippen molar-refractivity contribution in [3.63, 3.8) is 0 Å². The predicted octanol–water partition coefficient (Wildman–Crippen LogP) is 0.392. The highest BCUT2D eigenvalue weighted by Crippen LogP contribution is 2.18. The molecule has 0 atom stereocenters. The van der Waals surface area contributed by atoms with Gasteiger partial charge in [0, 0.05) is 45.3 Å². The number of urea groups is 1. The first-order valence-corrected chi connectivity index (χ1v) is 8.29. The van der Waals surface area contributed by atoms with E-state index in [1.807, 2.05) is 9.80 Å². The Morgan fingerprint density at radius 2 is 1.52 bits per heavy atom. The molecule has 2 N–H and O–H groups in total. The first-order chi connectivity index (χ1) is 10.2. The Morgan fingerprint density at radius 1 is 0.905 bits per heavy atom. The van der Waals surface area contributed by atoms with Crippen molar-refractivity contribution < 1.29 is 9.59 Å². The Bertz CT molecular complexity index is 383. The predicted molar refractivity (Wildman–Crippen MR) is 79.9 cm³/mol. The van der Waals surface area contributed by atoms with E-state index in [4.69, 9.17) is 0 Å². The Kier molecular flexibility index (Phi) is 4.63. The third-order valence-electron chi connectivity index (χ3n) is 4.94. The van der Waals surface area contributed by atoms with Crippen LogP contribution in [0.5, 0.6) is 0 Å². The van der Waals surface area contributed by atoms with Gasteiger partial charge < -0.3 is 20.4 Å². The van der Waals surface area contributed by atoms with Crippen LogP contribution in [-0.2, 0) is 4.79 Å². The van der Waals surface area contributed by atoms with E-state index >= 15 is 0 Å². The van der Waals surface area contributed by atoms with E-state index < -0.39 is 0 Å². The van der Waals surface area contributed by atoms with Gasteiger partial charge in [0.05, 0.1) is 5.92 Å². The zero-order valence-corrected chi connectivity index (χ0v) is 12.6. The molecule has 1 saturated carbocycles. The Morgan fingerprint density at radius 3 is 2.10 bits per heavy atom. The highest BCUT2D eigenvalue weighted by atomic mass is 16.2. The van der Waals surface area contributed by atoms with Crippen molar-refractivity contribution in [3.05, 3.63) is 0 Å². The van der Waals surface area contributed by atoms with Crippen LogP contribution < -0.4 is 10.6 Å². The molecule has 21 heavy (non-hydrogen) atoms. The van der Waals surface area contributed by atoms with Crippen LogP contribution in [0.25, 0.3) is 0 Å². The molecule has 2 aliphatic heterocycles. The number of nitrogens with one attached hydrogen (secondary N) is 2. The second-order valence-corrected chi connectivity index (χ2v) is 6.45. The average Bonchev–Trinajstić information content (AvgIpc) is 2.46. The van der Waals surface area contributed by atoms with Gasteiger partial charge in [0.25, 0.3) is 0 Å². The van der Waals surface area contributed by atoms with Crippen molar-refractivity contribution in [3.8, 4) is 0 Å². The normalized spacial score (nSPS) is 24.6. The molecular weight excluding hydrogens is 268 g/mol. The summed E-state index contributed by atoms with van der Waals surface area (Å²) >= 11 is 0. The zero-order valence-electron chi connectivity index (χ0n) is 12.6. The van der Waals surface area contributed by atoms with Crippen molar-refractivity contribution in [2.45, 2.75) is 38.1 Å². The van der Waals surface area contributed by atoms with Gasteiger partial charge in [-0.2, -0.15) is 0 Å². The maximum Gasteiger partial charge on any atom is 0.317 e. The second kappa shape index (κ2) is 6.64. The lowest BCUT2D eigenvalue weighted by Crippen LogP contribution is -2.58. The third kappa shape index (κ3) is 3.48. The molecule has 0 bridgehead atoms. The van der Waals surface area contributed by atoms with Gasteiger partial charge in [0.1, 0.15) is 0 Å². The maximum absolute atomic E-state index is 12.2. The number of nitrogens with zero attached hydrogens (tertiary/aromatic N) is 2. The molecule has 6 nitrogen and oxygen atoms in total. The Hall–Kier alpha value is -1.30. The number of piperazine rings is 1. The van der Waals surface area contributed by atoms with E-state index in [0.29, 0.717) is 32.2 Å². The lowest BCUT2D eigenvalue weighted by molar-refractivity contribution is -0.138. The molecule has 3 fully saturated rings. The van der Waals surface area contributed by atoms with Gasteiger partial charge in [0.15, 0.2) is 0 Å². The smallest absolute Gasteiger partial charge is 0.317 e. The number of hydrogen-bond acceptors (Lipinski definition) is 3. The van der Waals surface area contributed by atoms with Gasteiger partial charge in [-0.05, 0) is 12.8 Å². The fourth-order valence-corrected chi connectivity index (χ4v) is 3.36. The van der Waals surface area contributed by atoms with Crippen LogP contribution in [0.15, 0.2) is 0 Å². The molecule has 6 heteroatoms. The second-order valence-electron chi connectivity index (χ2n) is 6.45. The topological polar surface area (TPSA) is 64.7 Å². The Labute approximate surface area is 126 Å². The quantitative estimate of drug-likeness (QED) is 0.774. The monoisotopic (exact) mass is 294 g/mol. The van der Waals surface area contributed by atoms with Crippen molar-refractivity contribution in [2.24, 2.45) is 5.92 Å². The fourth-order valence-electron chi connectivity index (χ4n) is 3.36. The highest BCUT2D eigenvalue weighted by Gasteiger charge is 2.32. The summed E-state index contributed by atoms with van der Waals surface area (Å²) in [6.07, 6.45) is 5.96. The summed E-state index contributed by atoms with van der Waals surface area (Å²) in [5, 5.41) is 6.28. The summed E-state index contributed by atoms with van der Waals surface area (Å²) in [6.45, 7) is 4.28. The first kappa shape index (κ1) is 14.6. The molecule has 2 saturated heterocycles. The molecule has 3 aliphatic rings. The summed E-state index contributed by atoms with van der Waals surface area (Å²) < 4.78 is 0. The van der Waals surface area contributed by atoms with E-state index in [1.54, 1.807) is 0 Å². The SMILES string of the molecule is O=C(NC1CCCCC1)N1CCN(C(=O)C2CNC2)CC1. The molecule has 2 heterocycles. The number of carbonyl (C=O) groups excluding carboxylic acids is 2. The van der Waals surface area contributed by atoms with Gasteiger partial charge in [-0.3, -0.25) is 4.79 Å². The van der Waals surface area contributed by atoms with Gasteiger partial charge in [-0.15, -0.1) is 0 Å². The third-order valence-corrected chi connectivity index (χ3v) is 4.94. The molecule has 3 amide bonds. The summed E-state index contributed by atoms with van der Waals surface area (Å²) in [6, 6.07) is 0.409. The van der Waals surface area contributed by atoms with Gasteiger partial charge >= 0.3 is 6.03 Å². The van der Waals surface area contributed by atoms with E-state index in [2.05, 4.69) is 10.6 Å². The Balaban J connectivity index is 1.42. The minimum atomic E-state index is 0.0549. The van der Waals surface area contributed by atoms with Gasteiger partial charge in [-0.25, -0.2) is 4.79 Å². The molecule has 3 rings (SSSR count). The molecule has 0 aromatic heterocycles. The van der Waals surface area contributed by atoms with E-state index in [0.717, 1.165) is 25.9 Å². The van der Waals surface area contributed by atoms with Gasteiger partial charge in [0.2, 0.25) is 5.91 Å². The fraction of sp³-hybridized carbons (Fsp3) is 0.867. The van der Waals surface area contributed by atoms with E-state index in [1.165, 1.54) is 19.3 Å². The number of amides is 3. The summed E-state index contributed by atoms with van der Waals surface area (Å²) in [4.78, 5) is 28.2. The highest BCUT2D eigenvalue weighted by molar-refractivity contribution is 5.81. The van der Waals surface area contributed by atoms with Crippen molar-refractivity contribution in [2.75, 3.05) is 39.3 Å². The largest absolute Gasteiger partial charge is 0.339 e. The summed E-state index contributed by atoms with van der Waals surface area (Å²) in [7, 11) is 0. The number of hydrogen-bond donors (Lipinski definition) is 2. The minimum absolute atomic E-state index is 0.0549. The molecule has 118 valence electrons. The van der Waals surface area contributed by atoms with Crippen LogP contribution in [-0.4, -0.2) is 67.0 Å². The molecule has 0 aromatic rings. The number of carbonyl (C=O) groups is 2. The van der Waals surface area contributed by atoms with Crippen molar-refractivity contribution in [1.29, 1.82) is 0 Å². The van der Waals surface area contributed by atoms with E-state index in [-0.39, 0.29) is 17.9 Å². The summed E-state index contributed by atoms with van der Waals surface area (Å²) in [5.41, 5.74) is 0. The lowest BCUT2D eigenvalue weighted by Gasteiger charge is -2.39. The molecule has 0 aromatic carbocycles. The zero-order chi connectivity index (χ0) is 14.7. The van der Waals surface area contributed by atoms with Crippen LogP contribution in [0.1, 0.15) is 32.1 Å². The molecule has 0 unspecified atom stereocenters. The maximum atomic E-state index is 12.2. The first-order valence-electron chi connectivity index (χ1n) is 8.29. The molecule has 1 aliphatic carbocycles. The minimum Gasteiger partial charge on any atom is -0.339 e. The molecule has 0 spiro atoms. The van der Waals surface area contributed by atoms with Crippen LogP contribution in [0, 0.1) is 5.92 Å². The van der Waals surface area contributed by atoms with Crippen molar-refractivity contribution >= 4 is 11.9 Å². The lowest BCUT2D eigenvalue weighted by atomic mass is 9.96. The summed E-state index contributed by atoms with van der Waals surface area (Å²) in [5.74, 6) is 0.411. The number of rotatable bonds is 2. The van der Waals surface area contributed by atoms with Gasteiger partial charge in [-0.1, -0.05) is 19.3 Å². The van der Waals surface area contributed by atoms with Crippen LogP contribution in [0.4, 0.5) is 4.79 Å². The molecule has 0 radical (unpaired) electrons. The standard InChI is InChI=1S/C15H26N4O2/c20-14(12-10-16-11-12)18-6-8-19(9-7-18)15(21)17-13-4-2-1-3-5-13/h12-13,16H,1-11H2,(H,17,21). The van der Waals surface area contributed by atoms with Crippen LogP contribution in [0.3, 0.4) is 0 Å². The molecular formula is C15H26N4O2. The van der Waals surface area contributed by atoms with Crippen LogP contribution in [0.2, 0.25) is 0 Å². The average molecular weight is 294 g/mol. The van der Waals surface area contributed by atoms with Crippen molar-refractivity contribution in [1.82, 2.24) is 20.4 Å². The van der Waals surface area contributed by atoms with E-state index in [9.17, 15) is 9.59 Å².